The van der Waals surface area contributed by atoms with Crippen LogP contribution in [0, 0.1) is 13.8 Å². The van der Waals surface area contributed by atoms with Crippen molar-refractivity contribution in [3.8, 4) is 0 Å². The first kappa shape index (κ1) is 15.5. The fraction of sp³-hybridized carbons (Fsp3) is 0.500. The average molecular weight is 291 g/mol. The van der Waals surface area contributed by atoms with E-state index in [0.29, 0.717) is 19.6 Å². The molecule has 0 aromatic heterocycles. The molecule has 0 aliphatic carbocycles. The van der Waals surface area contributed by atoms with E-state index in [9.17, 15) is 9.59 Å². The van der Waals surface area contributed by atoms with Gasteiger partial charge in [0, 0.05) is 6.54 Å². The molecule has 1 unspecified atom stereocenters. The average Bonchev–Trinajstić information content (AvgIpc) is 2.50. The second kappa shape index (κ2) is 6.72. The van der Waals surface area contributed by atoms with Gasteiger partial charge in [0.05, 0.1) is 26.7 Å². The molecule has 1 aliphatic heterocycles. The van der Waals surface area contributed by atoms with Gasteiger partial charge in [0.2, 0.25) is 5.91 Å². The standard InChI is InChI=1S/C16H21NO4/c1-11-4-5-12(2)13(8-11)9-15(18)17-6-7-21-14(10-17)16(19)20-3/h4-5,8,14H,6-7,9-10H2,1-3H3. The molecule has 1 aromatic carbocycles. The highest BCUT2D eigenvalue weighted by Crippen LogP contribution is 2.14. The molecular weight excluding hydrogens is 270 g/mol. The van der Waals surface area contributed by atoms with Gasteiger partial charge in [-0.1, -0.05) is 23.8 Å². The minimum absolute atomic E-state index is 0.0147. The summed E-state index contributed by atoms with van der Waals surface area (Å²) < 4.78 is 10.0. The normalized spacial score (nSPS) is 18.4. The van der Waals surface area contributed by atoms with Crippen molar-refractivity contribution in [2.45, 2.75) is 26.4 Å². The molecule has 1 aliphatic rings. The van der Waals surface area contributed by atoms with Gasteiger partial charge in [-0.3, -0.25) is 4.79 Å². The van der Waals surface area contributed by atoms with Gasteiger partial charge >= 0.3 is 5.97 Å². The van der Waals surface area contributed by atoms with Crippen LogP contribution in [0.2, 0.25) is 0 Å². The van der Waals surface area contributed by atoms with Crippen molar-refractivity contribution in [2.75, 3.05) is 26.8 Å². The predicted octanol–water partition coefficient (Wildman–Crippen LogP) is 1.25. The fourth-order valence-electron chi connectivity index (χ4n) is 2.42. The fourth-order valence-corrected chi connectivity index (χ4v) is 2.42. The van der Waals surface area contributed by atoms with E-state index in [1.165, 1.54) is 7.11 Å². The number of amides is 1. The molecule has 0 saturated carbocycles. The van der Waals surface area contributed by atoms with Crippen LogP contribution in [0.25, 0.3) is 0 Å². The number of ether oxygens (including phenoxy) is 2. The first-order valence-corrected chi connectivity index (χ1v) is 7.04. The molecule has 2 rings (SSSR count). The number of nitrogens with zero attached hydrogens (tertiary/aromatic N) is 1. The van der Waals surface area contributed by atoms with E-state index in [2.05, 4.69) is 4.74 Å². The summed E-state index contributed by atoms with van der Waals surface area (Å²) >= 11 is 0. The zero-order valence-electron chi connectivity index (χ0n) is 12.7. The van der Waals surface area contributed by atoms with Gasteiger partial charge in [-0.2, -0.15) is 0 Å². The van der Waals surface area contributed by atoms with Crippen LogP contribution in [0.5, 0.6) is 0 Å². The Balaban J connectivity index is 2.02. The highest BCUT2D eigenvalue weighted by molar-refractivity contribution is 5.81. The third-order valence-corrected chi connectivity index (χ3v) is 3.73. The summed E-state index contributed by atoms with van der Waals surface area (Å²) in [7, 11) is 1.32. The second-order valence-corrected chi connectivity index (χ2v) is 5.33. The molecule has 1 fully saturated rings. The van der Waals surface area contributed by atoms with E-state index in [1.54, 1.807) is 4.90 Å². The highest BCUT2D eigenvalue weighted by atomic mass is 16.6. The van der Waals surface area contributed by atoms with Crippen LogP contribution in [0.3, 0.4) is 0 Å². The topological polar surface area (TPSA) is 55.8 Å². The van der Waals surface area contributed by atoms with Crippen LogP contribution in [0.1, 0.15) is 16.7 Å². The zero-order chi connectivity index (χ0) is 15.4. The minimum atomic E-state index is -0.675. The van der Waals surface area contributed by atoms with Crippen molar-refractivity contribution >= 4 is 11.9 Å². The van der Waals surface area contributed by atoms with Gasteiger partial charge in [0.15, 0.2) is 6.10 Å². The predicted molar refractivity (Wildman–Crippen MR) is 78.0 cm³/mol. The lowest BCUT2D eigenvalue weighted by molar-refractivity contribution is -0.162. The number of methoxy groups -OCH3 is 1. The number of esters is 1. The molecule has 114 valence electrons. The van der Waals surface area contributed by atoms with Gasteiger partial charge in [0.1, 0.15) is 0 Å². The van der Waals surface area contributed by atoms with Crippen molar-refractivity contribution in [3.05, 3.63) is 34.9 Å². The Kier molecular flexibility index (Phi) is 4.96. The van der Waals surface area contributed by atoms with Crippen molar-refractivity contribution in [2.24, 2.45) is 0 Å². The van der Waals surface area contributed by atoms with Crippen LogP contribution in [-0.2, 0) is 25.5 Å². The molecular formula is C16H21NO4. The molecule has 0 N–H and O–H groups in total. The van der Waals surface area contributed by atoms with Crippen LogP contribution in [0.4, 0.5) is 0 Å². The number of rotatable bonds is 3. The Labute approximate surface area is 124 Å². The van der Waals surface area contributed by atoms with Gasteiger partial charge < -0.3 is 14.4 Å². The van der Waals surface area contributed by atoms with Crippen LogP contribution < -0.4 is 0 Å². The summed E-state index contributed by atoms with van der Waals surface area (Å²) in [6.07, 6.45) is -0.326. The van der Waals surface area contributed by atoms with Gasteiger partial charge in [0.25, 0.3) is 0 Å². The number of carbonyl (C=O) groups excluding carboxylic acids is 2. The summed E-state index contributed by atoms with van der Waals surface area (Å²) in [6, 6.07) is 6.09. The van der Waals surface area contributed by atoms with Crippen LogP contribution in [0.15, 0.2) is 18.2 Å². The zero-order valence-corrected chi connectivity index (χ0v) is 12.7. The molecule has 1 atom stereocenters. The molecule has 0 bridgehead atoms. The van der Waals surface area contributed by atoms with Crippen molar-refractivity contribution in [1.82, 2.24) is 4.90 Å². The van der Waals surface area contributed by atoms with E-state index < -0.39 is 12.1 Å². The highest BCUT2D eigenvalue weighted by Gasteiger charge is 2.29. The van der Waals surface area contributed by atoms with E-state index in [0.717, 1.165) is 16.7 Å². The first-order chi connectivity index (χ1) is 10.0. The minimum Gasteiger partial charge on any atom is -0.467 e. The number of hydrogen-bond acceptors (Lipinski definition) is 4. The molecule has 1 saturated heterocycles. The maximum absolute atomic E-state index is 12.4. The molecule has 5 heteroatoms. The van der Waals surface area contributed by atoms with Crippen LogP contribution >= 0.6 is 0 Å². The van der Waals surface area contributed by atoms with Crippen molar-refractivity contribution < 1.29 is 19.1 Å². The number of carbonyl (C=O) groups is 2. The molecule has 21 heavy (non-hydrogen) atoms. The summed E-state index contributed by atoms with van der Waals surface area (Å²) in [6.45, 7) is 5.14. The number of morpholine rings is 1. The van der Waals surface area contributed by atoms with Gasteiger partial charge in [-0.05, 0) is 25.0 Å². The Bertz CT molecular complexity index is 541. The Morgan fingerprint density at radius 2 is 2.14 bits per heavy atom. The van der Waals surface area contributed by atoms with Crippen LogP contribution in [-0.4, -0.2) is 49.7 Å². The third kappa shape index (κ3) is 3.82. The first-order valence-electron chi connectivity index (χ1n) is 7.04. The maximum atomic E-state index is 12.4. The smallest absolute Gasteiger partial charge is 0.336 e. The van der Waals surface area contributed by atoms with Gasteiger partial charge in [-0.15, -0.1) is 0 Å². The van der Waals surface area contributed by atoms with E-state index in [1.807, 2.05) is 32.0 Å². The number of hydrogen-bond donors (Lipinski definition) is 0. The Morgan fingerprint density at radius 1 is 1.38 bits per heavy atom. The molecule has 1 heterocycles. The van der Waals surface area contributed by atoms with E-state index >= 15 is 0 Å². The Morgan fingerprint density at radius 3 is 2.86 bits per heavy atom. The quantitative estimate of drug-likeness (QED) is 0.786. The maximum Gasteiger partial charge on any atom is 0.336 e. The summed E-state index contributed by atoms with van der Waals surface area (Å²) in [5.41, 5.74) is 3.27. The lowest BCUT2D eigenvalue weighted by Crippen LogP contribution is -2.49. The van der Waals surface area contributed by atoms with E-state index in [-0.39, 0.29) is 12.5 Å². The Hall–Kier alpha value is -1.88. The molecule has 5 nitrogen and oxygen atoms in total. The summed E-state index contributed by atoms with van der Waals surface area (Å²) in [4.78, 5) is 25.6. The number of aryl methyl sites for hydroxylation is 2. The van der Waals surface area contributed by atoms with Crippen molar-refractivity contribution in [3.63, 3.8) is 0 Å². The third-order valence-electron chi connectivity index (χ3n) is 3.73. The number of benzene rings is 1. The lowest BCUT2D eigenvalue weighted by atomic mass is 10.0. The molecule has 1 aromatic rings. The molecule has 1 amide bonds. The van der Waals surface area contributed by atoms with Gasteiger partial charge in [-0.25, -0.2) is 4.79 Å². The monoisotopic (exact) mass is 291 g/mol. The second-order valence-electron chi connectivity index (χ2n) is 5.33. The summed E-state index contributed by atoms with van der Waals surface area (Å²) in [5, 5.41) is 0. The van der Waals surface area contributed by atoms with Crippen molar-refractivity contribution in [1.29, 1.82) is 0 Å². The lowest BCUT2D eigenvalue weighted by Gasteiger charge is -2.31. The van der Waals surface area contributed by atoms with E-state index in [4.69, 9.17) is 4.74 Å². The largest absolute Gasteiger partial charge is 0.467 e. The molecule has 0 radical (unpaired) electrons. The molecule has 0 spiro atoms. The SMILES string of the molecule is COC(=O)C1CN(C(=O)Cc2cc(C)ccc2C)CCO1. The summed E-state index contributed by atoms with van der Waals surface area (Å²) in [5.74, 6) is -0.417.